The van der Waals surface area contributed by atoms with E-state index in [0.29, 0.717) is 12.1 Å². The van der Waals surface area contributed by atoms with Crippen LogP contribution in [0.2, 0.25) is 5.31 Å². The third-order valence-corrected chi connectivity index (χ3v) is 7.94. The molecule has 0 N–H and O–H groups in total. The number of amides is 2. The smallest absolute Gasteiger partial charge is 0.247 e. The molecule has 0 spiro atoms. The Morgan fingerprint density at radius 1 is 1.00 bits per heavy atom. The van der Waals surface area contributed by atoms with E-state index in [4.69, 9.17) is 0 Å². The van der Waals surface area contributed by atoms with Crippen LogP contribution in [0.3, 0.4) is 0 Å². The fraction of sp³-hybridized carbons (Fsp3) is 0.667. The van der Waals surface area contributed by atoms with Crippen LogP contribution < -0.4 is 4.90 Å². The van der Waals surface area contributed by atoms with Crippen LogP contribution in [0.5, 0.6) is 0 Å². The summed E-state index contributed by atoms with van der Waals surface area (Å²) in [4.78, 5) is 26.8. The number of nitrogens with zero attached hydrogens (tertiary/aromatic N) is 1. The lowest BCUT2D eigenvalue weighted by atomic mass is 9.54. The van der Waals surface area contributed by atoms with Gasteiger partial charge in [0.15, 0.2) is 0 Å². The van der Waals surface area contributed by atoms with Crippen molar-refractivity contribution in [2.45, 2.75) is 95.5 Å². The first-order chi connectivity index (χ1) is 13.6. The molecule has 160 valence electrons. The van der Waals surface area contributed by atoms with Gasteiger partial charge in [-0.15, -0.1) is 11.8 Å². The van der Waals surface area contributed by atoms with Gasteiger partial charge >= 0.3 is 0 Å². The maximum Gasteiger partial charge on any atom is 0.247 e. The summed E-state index contributed by atoms with van der Waals surface area (Å²) in [5.41, 5.74) is 1.93. The Kier molecular flexibility index (Phi) is 8.45. The number of unbranched alkanes of at least 4 members (excludes halogenated alkanes) is 5. The van der Waals surface area contributed by atoms with Crippen molar-refractivity contribution in [2.75, 3.05) is 10.7 Å². The molecule has 0 radical (unpaired) electrons. The maximum absolute atomic E-state index is 12.8. The zero-order valence-electron chi connectivity index (χ0n) is 19.2. The minimum Gasteiger partial charge on any atom is -0.274 e. The fourth-order valence-electron chi connectivity index (χ4n) is 3.57. The molecule has 0 aliphatic carbocycles. The maximum atomic E-state index is 12.8. The number of anilines is 1. The summed E-state index contributed by atoms with van der Waals surface area (Å²) < 4.78 is 0. The highest BCUT2D eigenvalue weighted by atomic mass is 32.2. The van der Waals surface area contributed by atoms with Crippen LogP contribution >= 0.6 is 11.8 Å². The standard InChI is InChI=1S/C24H38BNO2S/c1-6-7-8-9-10-11-16-29-20-17-21(27)26(22(20)28)19-14-12-18(13-15-19)23(2,3)24(4,5)25/h12-15,20H,6-11,16-17,25H2,1-5H3. The normalized spacial score (nSPS) is 18.0. The van der Waals surface area contributed by atoms with E-state index in [9.17, 15) is 9.59 Å². The molecule has 1 aromatic carbocycles. The second-order valence-electron chi connectivity index (χ2n) is 9.82. The van der Waals surface area contributed by atoms with Gasteiger partial charge in [0.25, 0.3) is 0 Å². The van der Waals surface area contributed by atoms with Crippen molar-refractivity contribution in [3.8, 4) is 0 Å². The summed E-state index contributed by atoms with van der Waals surface area (Å²) in [5.74, 6) is 0.842. The van der Waals surface area contributed by atoms with Crippen LogP contribution in [-0.4, -0.2) is 30.7 Å². The molecular weight excluding hydrogens is 377 g/mol. The van der Waals surface area contributed by atoms with Gasteiger partial charge in [0, 0.05) is 6.42 Å². The minimum atomic E-state index is -0.219. The van der Waals surface area contributed by atoms with Gasteiger partial charge < -0.3 is 0 Å². The quantitative estimate of drug-likeness (QED) is 0.271. The van der Waals surface area contributed by atoms with Crippen molar-refractivity contribution in [1.82, 2.24) is 0 Å². The van der Waals surface area contributed by atoms with Crippen molar-refractivity contribution < 1.29 is 9.59 Å². The summed E-state index contributed by atoms with van der Waals surface area (Å²) in [7, 11) is 2.24. The summed E-state index contributed by atoms with van der Waals surface area (Å²) in [6.45, 7) is 11.2. The third kappa shape index (κ3) is 5.90. The molecule has 0 aromatic heterocycles. The number of carbonyl (C=O) groups excluding carboxylic acids is 2. The van der Waals surface area contributed by atoms with Crippen LogP contribution in [0.15, 0.2) is 24.3 Å². The number of hydrogen-bond acceptors (Lipinski definition) is 3. The first-order valence-corrected chi connectivity index (χ1v) is 12.2. The van der Waals surface area contributed by atoms with E-state index in [1.165, 1.54) is 42.6 Å². The molecule has 0 bridgehead atoms. The van der Waals surface area contributed by atoms with E-state index in [-0.39, 0.29) is 27.8 Å². The molecule has 5 heteroatoms. The van der Waals surface area contributed by atoms with Crippen molar-refractivity contribution >= 4 is 37.1 Å². The minimum absolute atomic E-state index is 0.0000725. The van der Waals surface area contributed by atoms with E-state index < -0.39 is 0 Å². The van der Waals surface area contributed by atoms with Gasteiger partial charge in [-0.05, 0) is 35.3 Å². The Bertz CT molecular complexity index is 694. The summed E-state index contributed by atoms with van der Waals surface area (Å²) in [6.07, 6.45) is 7.82. The summed E-state index contributed by atoms with van der Waals surface area (Å²) in [5, 5.41) is -0.102. The third-order valence-electron chi connectivity index (χ3n) is 6.64. The SMILES string of the molecule is BC(C)(C)C(C)(C)c1ccc(N2C(=O)CC(SCCCCCCCC)C2=O)cc1. The van der Waals surface area contributed by atoms with Crippen molar-refractivity contribution in [2.24, 2.45) is 0 Å². The molecular formula is C24H38BNO2S. The second-order valence-corrected chi connectivity index (χ2v) is 11.1. The highest BCUT2D eigenvalue weighted by Crippen LogP contribution is 2.44. The molecule has 1 atom stereocenters. The van der Waals surface area contributed by atoms with Crippen molar-refractivity contribution in [3.05, 3.63) is 29.8 Å². The lowest BCUT2D eigenvalue weighted by molar-refractivity contribution is -0.121. The molecule has 2 amide bonds. The Balaban J connectivity index is 1.94. The van der Waals surface area contributed by atoms with Gasteiger partial charge in [-0.25, -0.2) is 4.90 Å². The largest absolute Gasteiger partial charge is 0.274 e. The molecule has 1 fully saturated rings. The average Bonchev–Trinajstić information content (AvgIpc) is 2.93. The Morgan fingerprint density at radius 2 is 1.59 bits per heavy atom. The van der Waals surface area contributed by atoms with Gasteiger partial charge in [0.1, 0.15) is 7.85 Å². The molecule has 1 aliphatic heterocycles. The van der Waals surface area contributed by atoms with Gasteiger partial charge in [-0.2, -0.15) is 0 Å². The molecule has 1 aliphatic rings. The second kappa shape index (κ2) is 10.2. The first-order valence-electron chi connectivity index (χ1n) is 11.2. The van der Waals surface area contributed by atoms with Crippen LogP contribution in [-0.2, 0) is 15.0 Å². The molecule has 2 rings (SSSR count). The molecule has 29 heavy (non-hydrogen) atoms. The number of hydrogen-bond donors (Lipinski definition) is 0. The number of carbonyl (C=O) groups is 2. The van der Waals surface area contributed by atoms with Crippen molar-refractivity contribution in [1.29, 1.82) is 0 Å². The topological polar surface area (TPSA) is 37.4 Å². The van der Waals surface area contributed by atoms with Gasteiger partial charge in [0.05, 0.1) is 10.9 Å². The Morgan fingerprint density at radius 3 is 2.17 bits per heavy atom. The van der Waals surface area contributed by atoms with Crippen LogP contribution in [0.25, 0.3) is 0 Å². The zero-order chi connectivity index (χ0) is 21.7. The Hall–Kier alpha value is -1.23. The summed E-state index contributed by atoms with van der Waals surface area (Å²) in [6, 6.07) is 7.99. The Labute approximate surface area is 182 Å². The number of benzene rings is 1. The van der Waals surface area contributed by atoms with Gasteiger partial charge in [-0.3, -0.25) is 9.59 Å². The predicted octanol–water partition coefficient (Wildman–Crippen LogP) is 5.52. The monoisotopic (exact) mass is 415 g/mol. The first kappa shape index (κ1) is 24.0. The molecule has 1 unspecified atom stereocenters. The highest BCUT2D eigenvalue weighted by Gasteiger charge is 2.40. The molecule has 1 saturated heterocycles. The van der Waals surface area contributed by atoms with E-state index in [1.807, 2.05) is 12.1 Å². The molecule has 0 saturated carbocycles. The average molecular weight is 415 g/mol. The van der Waals surface area contributed by atoms with Crippen LogP contribution in [0, 0.1) is 0 Å². The lowest BCUT2D eigenvalue weighted by Gasteiger charge is -2.39. The predicted molar refractivity (Wildman–Crippen MR) is 129 cm³/mol. The van der Waals surface area contributed by atoms with E-state index in [0.717, 1.165) is 12.2 Å². The summed E-state index contributed by atoms with van der Waals surface area (Å²) >= 11 is 1.66. The van der Waals surface area contributed by atoms with Gasteiger partial charge in [0.2, 0.25) is 11.8 Å². The highest BCUT2D eigenvalue weighted by molar-refractivity contribution is 8.00. The van der Waals surface area contributed by atoms with E-state index in [2.05, 4.69) is 54.6 Å². The van der Waals surface area contributed by atoms with E-state index >= 15 is 0 Å². The van der Waals surface area contributed by atoms with Crippen LogP contribution in [0.1, 0.15) is 85.1 Å². The molecule has 1 heterocycles. The van der Waals surface area contributed by atoms with Crippen LogP contribution in [0.4, 0.5) is 5.69 Å². The van der Waals surface area contributed by atoms with Gasteiger partial charge in [-0.1, -0.05) is 84.2 Å². The lowest BCUT2D eigenvalue weighted by Crippen LogP contribution is -2.32. The zero-order valence-corrected chi connectivity index (χ0v) is 20.0. The molecule has 1 aromatic rings. The number of rotatable bonds is 11. The number of imide groups is 1. The number of thioether (sulfide) groups is 1. The van der Waals surface area contributed by atoms with Crippen molar-refractivity contribution in [3.63, 3.8) is 0 Å². The fourth-order valence-corrected chi connectivity index (χ4v) is 4.74. The molecule has 3 nitrogen and oxygen atoms in total. The van der Waals surface area contributed by atoms with E-state index in [1.54, 1.807) is 11.8 Å².